The molecule has 0 unspecified atom stereocenters. The lowest BCUT2D eigenvalue weighted by molar-refractivity contribution is -0.120. The van der Waals surface area contributed by atoms with E-state index in [2.05, 4.69) is 26.1 Å². The predicted octanol–water partition coefficient (Wildman–Crippen LogP) is 1.10. The van der Waals surface area contributed by atoms with Crippen molar-refractivity contribution in [2.45, 2.75) is 20.8 Å². The molecule has 0 spiro atoms. The van der Waals surface area contributed by atoms with Crippen LogP contribution in [0, 0.1) is 20.8 Å². The fourth-order valence-electron chi connectivity index (χ4n) is 2.86. The van der Waals surface area contributed by atoms with E-state index in [4.69, 9.17) is 4.74 Å². The summed E-state index contributed by atoms with van der Waals surface area (Å²) in [5, 5.41) is 3.29. The second-order valence-electron chi connectivity index (χ2n) is 6.99. The van der Waals surface area contributed by atoms with Gasteiger partial charge in [0.25, 0.3) is 17.7 Å². The minimum absolute atomic E-state index is 0.257. The highest BCUT2D eigenvalue weighted by molar-refractivity contribution is 7.17. The van der Waals surface area contributed by atoms with E-state index in [1.54, 1.807) is 19.1 Å². The molecular weight excluding hydrogens is 406 g/mol. The summed E-state index contributed by atoms with van der Waals surface area (Å²) in [6.45, 7) is 8.08. The van der Waals surface area contributed by atoms with Crippen LogP contribution in [-0.2, 0) is 9.53 Å². The van der Waals surface area contributed by atoms with Gasteiger partial charge in [-0.25, -0.2) is 4.98 Å². The van der Waals surface area contributed by atoms with Crippen molar-refractivity contribution in [3.05, 3.63) is 45.5 Å². The van der Waals surface area contributed by atoms with Gasteiger partial charge in [0, 0.05) is 18.7 Å². The number of aromatic nitrogens is 1. The van der Waals surface area contributed by atoms with Gasteiger partial charge in [-0.1, -0.05) is 17.4 Å². The number of carbonyl (C=O) groups is 3. The average molecular weight is 432 g/mol. The maximum Gasteiger partial charge on any atom is 0.281 e. The van der Waals surface area contributed by atoms with Crippen molar-refractivity contribution in [1.82, 2.24) is 21.2 Å². The highest BCUT2D eigenvalue weighted by Crippen LogP contribution is 2.26. The van der Waals surface area contributed by atoms with Crippen LogP contribution in [0.3, 0.4) is 0 Å². The molecule has 1 aliphatic rings. The van der Waals surface area contributed by atoms with E-state index in [9.17, 15) is 14.4 Å². The monoisotopic (exact) mass is 431 g/mol. The summed E-state index contributed by atoms with van der Waals surface area (Å²) in [5.41, 5.74) is 7.84. The van der Waals surface area contributed by atoms with Crippen LogP contribution in [0.1, 0.15) is 36.9 Å². The molecule has 2 aromatic rings. The molecule has 1 aliphatic heterocycles. The topological polar surface area (TPSA) is 113 Å². The number of morpholine rings is 1. The maximum absolute atomic E-state index is 12.4. The van der Waals surface area contributed by atoms with E-state index in [1.165, 1.54) is 11.3 Å². The number of rotatable bonds is 5. The van der Waals surface area contributed by atoms with Crippen LogP contribution < -0.4 is 21.1 Å². The molecular formula is C20H25N5O4S. The first kappa shape index (κ1) is 21.7. The number of nitrogens with zero attached hydrogens (tertiary/aromatic N) is 2. The predicted molar refractivity (Wildman–Crippen MR) is 114 cm³/mol. The van der Waals surface area contributed by atoms with Gasteiger partial charge in [-0.15, -0.1) is 0 Å². The SMILES string of the molecule is Cc1ccc(C(=O)NCC(=O)NNC(=O)c2sc(N3CCOCC3)nc2C)cc1C. The van der Waals surface area contributed by atoms with Crippen LogP contribution in [0.5, 0.6) is 0 Å². The molecule has 30 heavy (non-hydrogen) atoms. The van der Waals surface area contributed by atoms with Crippen molar-refractivity contribution in [3.63, 3.8) is 0 Å². The first-order valence-electron chi connectivity index (χ1n) is 9.60. The third kappa shape index (κ3) is 5.33. The molecule has 0 saturated carbocycles. The number of anilines is 1. The minimum Gasteiger partial charge on any atom is -0.378 e. The van der Waals surface area contributed by atoms with E-state index in [0.717, 1.165) is 29.3 Å². The normalized spacial score (nSPS) is 13.6. The summed E-state index contributed by atoms with van der Waals surface area (Å²) in [7, 11) is 0. The van der Waals surface area contributed by atoms with Gasteiger partial charge < -0.3 is 15.0 Å². The van der Waals surface area contributed by atoms with Gasteiger partial charge in [-0.2, -0.15) is 0 Å². The summed E-state index contributed by atoms with van der Waals surface area (Å²) < 4.78 is 5.33. The highest BCUT2D eigenvalue weighted by Gasteiger charge is 2.21. The number of hydrogen-bond donors (Lipinski definition) is 3. The number of carbonyl (C=O) groups excluding carboxylic acids is 3. The zero-order chi connectivity index (χ0) is 21.7. The lowest BCUT2D eigenvalue weighted by Crippen LogP contribution is -2.46. The van der Waals surface area contributed by atoms with E-state index in [1.807, 2.05) is 19.9 Å². The quantitative estimate of drug-likeness (QED) is 0.611. The Labute approximate surface area is 178 Å². The molecule has 1 aromatic heterocycles. The zero-order valence-corrected chi connectivity index (χ0v) is 18.0. The third-order valence-electron chi connectivity index (χ3n) is 4.77. The Morgan fingerprint density at radius 3 is 2.50 bits per heavy atom. The Morgan fingerprint density at radius 2 is 1.80 bits per heavy atom. The third-order valence-corrected chi connectivity index (χ3v) is 5.98. The number of ether oxygens (including phenoxy) is 1. The molecule has 2 heterocycles. The molecule has 1 saturated heterocycles. The van der Waals surface area contributed by atoms with Gasteiger partial charge in [0.15, 0.2) is 5.13 Å². The average Bonchev–Trinajstić information content (AvgIpc) is 3.14. The number of aryl methyl sites for hydroxylation is 3. The number of amides is 3. The van der Waals surface area contributed by atoms with Crippen LogP contribution in [-0.4, -0.2) is 55.6 Å². The molecule has 0 aliphatic carbocycles. The zero-order valence-electron chi connectivity index (χ0n) is 17.2. The summed E-state index contributed by atoms with van der Waals surface area (Å²) in [6.07, 6.45) is 0. The van der Waals surface area contributed by atoms with Crippen LogP contribution >= 0.6 is 11.3 Å². The molecule has 3 amide bonds. The summed E-state index contributed by atoms with van der Waals surface area (Å²) in [4.78, 5) is 43.5. The molecule has 160 valence electrons. The second-order valence-corrected chi connectivity index (χ2v) is 7.97. The molecule has 0 bridgehead atoms. The summed E-state index contributed by atoms with van der Waals surface area (Å²) in [6, 6.07) is 5.33. The summed E-state index contributed by atoms with van der Waals surface area (Å²) >= 11 is 1.27. The standard InChI is InChI=1S/C20H25N5O4S/c1-12-4-5-15(10-13(12)2)18(27)21-11-16(26)23-24-19(28)17-14(3)22-20(30-17)25-6-8-29-9-7-25/h4-5,10H,6-9,11H2,1-3H3,(H,21,27)(H,23,26)(H,24,28). The Bertz CT molecular complexity index is 953. The molecule has 1 aromatic carbocycles. The van der Waals surface area contributed by atoms with E-state index in [0.29, 0.717) is 29.3 Å². The fourth-order valence-corrected chi connectivity index (χ4v) is 3.87. The van der Waals surface area contributed by atoms with E-state index >= 15 is 0 Å². The second kappa shape index (κ2) is 9.68. The van der Waals surface area contributed by atoms with Gasteiger partial charge in [0.2, 0.25) is 0 Å². The molecule has 1 fully saturated rings. The van der Waals surface area contributed by atoms with Crippen LogP contribution in [0.25, 0.3) is 0 Å². The summed E-state index contributed by atoms with van der Waals surface area (Å²) in [5.74, 6) is -1.33. The Morgan fingerprint density at radius 1 is 1.07 bits per heavy atom. The van der Waals surface area contributed by atoms with Crippen molar-refractivity contribution < 1.29 is 19.1 Å². The molecule has 10 heteroatoms. The number of hydrazine groups is 1. The number of benzene rings is 1. The van der Waals surface area contributed by atoms with Crippen molar-refractivity contribution in [3.8, 4) is 0 Å². The maximum atomic E-state index is 12.4. The lowest BCUT2D eigenvalue weighted by atomic mass is 10.1. The van der Waals surface area contributed by atoms with Crippen molar-refractivity contribution in [2.24, 2.45) is 0 Å². The smallest absolute Gasteiger partial charge is 0.281 e. The van der Waals surface area contributed by atoms with Crippen LogP contribution in [0.4, 0.5) is 5.13 Å². The van der Waals surface area contributed by atoms with Gasteiger partial charge in [-0.05, 0) is 44.0 Å². The molecule has 0 radical (unpaired) electrons. The van der Waals surface area contributed by atoms with Crippen LogP contribution in [0.15, 0.2) is 18.2 Å². The van der Waals surface area contributed by atoms with Gasteiger partial charge in [0.1, 0.15) is 4.88 Å². The van der Waals surface area contributed by atoms with Gasteiger partial charge in [-0.3, -0.25) is 25.2 Å². The lowest BCUT2D eigenvalue weighted by Gasteiger charge is -2.25. The molecule has 9 nitrogen and oxygen atoms in total. The molecule has 3 N–H and O–H groups in total. The number of thiazole rings is 1. The van der Waals surface area contributed by atoms with Crippen LogP contribution in [0.2, 0.25) is 0 Å². The van der Waals surface area contributed by atoms with Gasteiger partial charge >= 0.3 is 0 Å². The Hall–Kier alpha value is -2.98. The van der Waals surface area contributed by atoms with Gasteiger partial charge in [0.05, 0.1) is 25.5 Å². The van der Waals surface area contributed by atoms with Crippen molar-refractivity contribution in [1.29, 1.82) is 0 Å². The number of hydrogen-bond acceptors (Lipinski definition) is 7. The van der Waals surface area contributed by atoms with Crippen molar-refractivity contribution in [2.75, 3.05) is 37.7 Å². The Balaban J connectivity index is 1.48. The van der Waals surface area contributed by atoms with E-state index in [-0.39, 0.29) is 12.5 Å². The molecule has 0 atom stereocenters. The first-order chi connectivity index (χ1) is 14.3. The fraction of sp³-hybridized carbons (Fsp3) is 0.400. The first-order valence-corrected chi connectivity index (χ1v) is 10.4. The minimum atomic E-state index is -0.531. The Kier molecular flexibility index (Phi) is 7.01. The largest absolute Gasteiger partial charge is 0.378 e. The highest BCUT2D eigenvalue weighted by atomic mass is 32.1. The molecule has 3 rings (SSSR count). The number of nitrogens with one attached hydrogen (secondary N) is 3. The van der Waals surface area contributed by atoms with E-state index < -0.39 is 11.8 Å². The van der Waals surface area contributed by atoms with Crippen molar-refractivity contribution >= 4 is 34.2 Å².